The van der Waals surface area contributed by atoms with Crippen LogP contribution >= 0.6 is 0 Å². The van der Waals surface area contributed by atoms with E-state index in [1.807, 2.05) is 4.31 Å². The smallest absolute Gasteiger partial charge is 0.119 e. The molecule has 1 aromatic carbocycles. The fourth-order valence-electron chi connectivity index (χ4n) is 1.65. The molecule has 0 radical (unpaired) electrons. The Kier molecular flexibility index (Phi) is 2.87. The SMILES string of the molecule is Cc1ccc(N2CCCCS2=O)cc1. The van der Waals surface area contributed by atoms with Crippen molar-refractivity contribution in [1.29, 1.82) is 0 Å². The second kappa shape index (κ2) is 4.13. The lowest BCUT2D eigenvalue weighted by Crippen LogP contribution is -2.32. The maximum atomic E-state index is 11.7. The van der Waals surface area contributed by atoms with Crippen molar-refractivity contribution in [3.63, 3.8) is 0 Å². The number of benzene rings is 1. The average molecular weight is 209 g/mol. The molecule has 0 N–H and O–H groups in total. The topological polar surface area (TPSA) is 20.3 Å². The molecule has 1 heterocycles. The minimum Gasteiger partial charge on any atom is -0.292 e. The van der Waals surface area contributed by atoms with Crippen molar-refractivity contribution in [3.8, 4) is 0 Å². The summed E-state index contributed by atoms with van der Waals surface area (Å²) in [5.74, 6) is 0.813. The van der Waals surface area contributed by atoms with Gasteiger partial charge in [-0.1, -0.05) is 17.7 Å². The molecule has 0 saturated carbocycles. The van der Waals surface area contributed by atoms with Crippen LogP contribution in [0.1, 0.15) is 18.4 Å². The molecule has 0 aromatic heterocycles. The first-order valence-electron chi connectivity index (χ1n) is 5.00. The highest BCUT2D eigenvalue weighted by Crippen LogP contribution is 2.21. The van der Waals surface area contributed by atoms with Gasteiger partial charge < -0.3 is 0 Å². The molecule has 1 aliphatic rings. The van der Waals surface area contributed by atoms with Crippen molar-refractivity contribution in [1.82, 2.24) is 0 Å². The number of hydrogen-bond acceptors (Lipinski definition) is 1. The third-order valence-corrected chi connectivity index (χ3v) is 4.02. The van der Waals surface area contributed by atoms with Crippen molar-refractivity contribution in [2.45, 2.75) is 19.8 Å². The quantitative estimate of drug-likeness (QED) is 0.694. The standard InChI is InChI=1S/C11H15NOS/c1-10-4-6-11(7-5-10)12-8-2-3-9-14(12)13/h4-7H,2-3,8-9H2,1H3. The van der Waals surface area contributed by atoms with Gasteiger partial charge in [0.1, 0.15) is 11.0 Å². The van der Waals surface area contributed by atoms with Crippen LogP contribution in [0.25, 0.3) is 0 Å². The first kappa shape index (κ1) is 9.71. The summed E-state index contributed by atoms with van der Waals surface area (Å²) in [6.45, 7) is 2.99. The van der Waals surface area contributed by atoms with Gasteiger partial charge in [-0.15, -0.1) is 0 Å². The third-order valence-electron chi connectivity index (χ3n) is 2.50. The molecule has 2 nitrogen and oxygen atoms in total. The minimum atomic E-state index is -0.802. The Morgan fingerprint density at radius 2 is 1.93 bits per heavy atom. The van der Waals surface area contributed by atoms with Gasteiger partial charge in [-0.2, -0.15) is 0 Å². The number of rotatable bonds is 1. The lowest BCUT2D eigenvalue weighted by molar-refractivity contribution is 0.660. The van der Waals surface area contributed by atoms with E-state index in [1.165, 1.54) is 5.56 Å². The number of aryl methyl sites for hydroxylation is 1. The van der Waals surface area contributed by atoms with E-state index in [1.54, 1.807) is 0 Å². The number of anilines is 1. The molecular formula is C11H15NOS. The molecule has 3 heteroatoms. The van der Waals surface area contributed by atoms with Gasteiger partial charge in [-0.3, -0.25) is 4.31 Å². The Hall–Kier alpha value is -0.830. The normalized spacial score (nSPS) is 22.4. The zero-order chi connectivity index (χ0) is 9.97. The minimum absolute atomic E-state index is 0.802. The van der Waals surface area contributed by atoms with Gasteiger partial charge in [0, 0.05) is 18.0 Å². The number of hydrogen-bond donors (Lipinski definition) is 0. The molecular weight excluding hydrogens is 194 g/mol. The van der Waals surface area contributed by atoms with Gasteiger partial charge in [-0.05, 0) is 31.9 Å². The lowest BCUT2D eigenvalue weighted by Gasteiger charge is -2.27. The summed E-state index contributed by atoms with van der Waals surface area (Å²) in [6, 6.07) is 8.25. The summed E-state index contributed by atoms with van der Waals surface area (Å²) in [6.07, 6.45) is 2.24. The van der Waals surface area contributed by atoms with Crippen LogP contribution in [-0.4, -0.2) is 16.5 Å². The molecule has 1 aliphatic heterocycles. The van der Waals surface area contributed by atoms with Gasteiger partial charge in [0.25, 0.3) is 0 Å². The molecule has 14 heavy (non-hydrogen) atoms. The molecule has 76 valence electrons. The van der Waals surface area contributed by atoms with E-state index in [2.05, 4.69) is 31.2 Å². The molecule has 1 unspecified atom stereocenters. The molecule has 0 spiro atoms. The number of nitrogens with zero attached hydrogens (tertiary/aromatic N) is 1. The molecule has 0 aliphatic carbocycles. The van der Waals surface area contributed by atoms with E-state index in [9.17, 15) is 4.21 Å². The zero-order valence-corrected chi connectivity index (χ0v) is 9.22. The highest BCUT2D eigenvalue weighted by atomic mass is 32.2. The Balaban J connectivity index is 2.20. The van der Waals surface area contributed by atoms with Crippen LogP contribution in [-0.2, 0) is 11.0 Å². The maximum Gasteiger partial charge on any atom is 0.119 e. The van der Waals surface area contributed by atoms with Crippen molar-refractivity contribution in [2.75, 3.05) is 16.6 Å². The van der Waals surface area contributed by atoms with Gasteiger partial charge in [-0.25, -0.2) is 4.21 Å². The molecule has 1 aromatic rings. The van der Waals surface area contributed by atoms with Gasteiger partial charge >= 0.3 is 0 Å². The van der Waals surface area contributed by atoms with Gasteiger partial charge in [0.15, 0.2) is 0 Å². The average Bonchev–Trinajstić information content (AvgIpc) is 2.20. The van der Waals surface area contributed by atoms with Gasteiger partial charge in [0.05, 0.1) is 0 Å². The fourth-order valence-corrected chi connectivity index (χ4v) is 3.01. The summed E-state index contributed by atoms with van der Waals surface area (Å²) >= 11 is 0. The van der Waals surface area contributed by atoms with Crippen LogP contribution < -0.4 is 4.31 Å². The van der Waals surface area contributed by atoms with Crippen molar-refractivity contribution in [2.24, 2.45) is 0 Å². The highest BCUT2D eigenvalue weighted by molar-refractivity contribution is 7.86. The molecule has 2 rings (SSSR count). The second-order valence-electron chi connectivity index (χ2n) is 3.67. The molecule has 1 atom stereocenters. The lowest BCUT2D eigenvalue weighted by atomic mass is 10.2. The molecule has 1 fully saturated rings. The van der Waals surface area contributed by atoms with E-state index in [-0.39, 0.29) is 0 Å². The Bertz CT molecular complexity index is 334. The van der Waals surface area contributed by atoms with Crippen molar-refractivity contribution < 1.29 is 4.21 Å². The van der Waals surface area contributed by atoms with E-state index in [0.717, 1.165) is 30.8 Å². The second-order valence-corrected chi connectivity index (χ2v) is 5.16. The first-order chi connectivity index (χ1) is 6.77. The maximum absolute atomic E-state index is 11.7. The summed E-state index contributed by atoms with van der Waals surface area (Å²) in [5.41, 5.74) is 2.34. The van der Waals surface area contributed by atoms with E-state index in [4.69, 9.17) is 0 Å². The van der Waals surface area contributed by atoms with E-state index >= 15 is 0 Å². The van der Waals surface area contributed by atoms with Gasteiger partial charge in [0.2, 0.25) is 0 Å². The van der Waals surface area contributed by atoms with E-state index < -0.39 is 11.0 Å². The summed E-state index contributed by atoms with van der Waals surface area (Å²) in [5, 5.41) is 0. The summed E-state index contributed by atoms with van der Waals surface area (Å²) in [4.78, 5) is 0. The monoisotopic (exact) mass is 209 g/mol. The van der Waals surface area contributed by atoms with Crippen LogP contribution in [0.3, 0.4) is 0 Å². The van der Waals surface area contributed by atoms with Crippen LogP contribution in [0.4, 0.5) is 5.69 Å². The fraction of sp³-hybridized carbons (Fsp3) is 0.455. The van der Waals surface area contributed by atoms with E-state index in [0.29, 0.717) is 0 Å². The zero-order valence-electron chi connectivity index (χ0n) is 8.40. The third kappa shape index (κ3) is 1.98. The van der Waals surface area contributed by atoms with Crippen molar-refractivity contribution in [3.05, 3.63) is 29.8 Å². The first-order valence-corrected chi connectivity index (χ1v) is 6.27. The molecule has 0 amide bonds. The van der Waals surface area contributed by atoms with Crippen LogP contribution in [0.5, 0.6) is 0 Å². The predicted octanol–water partition coefficient (Wildman–Crippen LogP) is 2.26. The highest BCUT2D eigenvalue weighted by Gasteiger charge is 2.17. The summed E-state index contributed by atoms with van der Waals surface area (Å²) < 4.78 is 13.7. The van der Waals surface area contributed by atoms with Crippen molar-refractivity contribution >= 4 is 16.7 Å². The summed E-state index contributed by atoms with van der Waals surface area (Å²) in [7, 11) is -0.802. The van der Waals surface area contributed by atoms with Crippen LogP contribution in [0.15, 0.2) is 24.3 Å². The Morgan fingerprint density at radius 3 is 2.57 bits per heavy atom. The molecule has 1 saturated heterocycles. The van der Waals surface area contributed by atoms with Crippen LogP contribution in [0.2, 0.25) is 0 Å². The molecule has 0 bridgehead atoms. The Labute approximate surface area is 87.5 Å². The predicted molar refractivity (Wildman–Crippen MR) is 60.8 cm³/mol. The Morgan fingerprint density at radius 1 is 1.21 bits per heavy atom. The largest absolute Gasteiger partial charge is 0.292 e. The van der Waals surface area contributed by atoms with Crippen LogP contribution in [0, 0.1) is 6.92 Å².